The van der Waals surface area contributed by atoms with Crippen LogP contribution in [0.3, 0.4) is 0 Å². The Bertz CT molecular complexity index is 361. The van der Waals surface area contributed by atoms with E-state index in [-0.39, 0.29) is 0 Å². The van der Waals surface area contributed by atoms with Crippen molar-refractivity contribution in [2.45, 2.75) is 6.92 Å². The number of halogens is 1. The van der Waals surface area contributed by atoms with Crippen molar-refractivity contribution in [1.29, 1.82) is 0 Å². The summed E-state index contributed by atoms with van der Waals surface area (Å²) in [6.07, 6.45) is 2.54. The lowest BCUT2D eigenvalue weighted by atomic mass is 10.3. The minimum atomic E-state index is -0.412. The molecule has 4 heteroatoms. The molecular formula is C11H11BrO3. The lowest BCUT2D eigenvalue weighted by molar-refractivity contribution is -0.137. The molecule has 0 aliphatic rings. The maximum absolute atomic E-state index is 10.9. The van der Waals surface area contributed by atoms with Gasteiger partial charge in [-0.15, -0.1) is 0 Å². The monoisotopic (exact) mass is 270 g/mol. The zero-order chi connectivity index (χ0) is 11.1. The zero-order valence-corrected chi connectivity index (χ0v) is 9.86. The van der Waals surface area contributed by atoms with Crippen LogP contribution in [0.4, 0.5) is 0 Å². The molecule has 0 aliphatic heterocycles. The summed E-state index contributed by atoms with van der Waals surface area (Å²) in [6, 6.07) is 7.37. The first kappa shape index (κ1) is 11.8. The molecule has 0 spiro atoms. The van der Waals surface area contributed by atoms with Gasteiger partial charge < -0.3 is 9.47 Å². The van der Waals surface area contributed by atoms with Gasteiger partial charge in [0.25, 0.3) is 0 Å². The van der Waals surface area contributed by atoms with Gasteiger partial charge in [-0.2, -0.15) is 0 Å². The Kier molecular flexibility index (Phi) is 4.90. The summed E-state index contributed by atoms with van der Waals surface area (Å²) in [7, 11) is 0. The second-order valence-corrected chi connectivity index (χ2v) is 3.46. The third-order valence-electron chi connectivity index (χ3n) is 1.52. The Morgan fingerprint density at radius 2 is 2.20 bits per heavy atom. The average molecular weight is 271 g/mol. The van der Waals surface area contributed by atoms with Crippen LogP contribution in [0.1, 0.15) is 6.92 Å². The molecular weight excluding hydrogens is 260 g/mol. The number of hydrogen-bond acceptors (Lipinski definition) is 3. The molecule has 0 aliphatic carbocycles. The number of benzene rings is 1. The molecule has 0 saturated heterocycles. The molecule has 1 aromatic carbocycles. The SMILES string of the molecule is CCOC(=O)/C=C/Oc1ccccc1Br. The van der Waals surface area contributed by atoms with Crippen molar-refractivity contribution >= 4 is 21.9 Å². The first-order chi connectivity index (χ1) is 7.24. The number of rotatable bonds is 4. The third-order valence-corrected chi connectivity index (χ3v) is 2.18. The molecule has 0 radical (unpaired) electrons. The molecule has 0 aromatic heterocycles. The van der Waals surface area contributed by atoms with E-state index in [1.54, 1.807) is 13.0 Å². The van der Waals surface area contributed by atoms with Crippen LogP contribution in [-0.2, 0) is 9.53 Å². The number of hydrogen-bond donors (Lipinski definition) is 0. The van der Waals surface area contributed by atoms with Gasteiger partial charge in [-0.25, -0.2) is 4.79 Å². The predicted octanol–water partition coefficient (Wildman–Crippen LogP) is 2.90. The van der Waals surface area contributed by atoms with Crippen LogP contribution < -0.4 is 4.74 Å². The first-order valence-electron chi connectivity index (χ1n) is 4.48. The van der Waals surface area contributed by atoms with E-state index < -0.39 is 5.97 Å². The number of carbonyl (C=O) groups is 1. The standard InChI is InChI=1S/C11H11BrO3/c1-2-14-11(13)7-8-15-10-6-4-3-5-9(10)12/h3-8H,2H2,1H3/b8-7+. The fourth-order valence-corrected chi connectivity index (χ4v) is 1.27. The smallest absolute Gasteiger partial charge is 0.333 e. The number of carbonyl (C=O) groups excluding carboxylic acids is 1. The lowest BCUT2D eigenvalue weighted by Gasteiger charge is -2.01. The van der Waals surface area contributed by atoms with E-state index in [0.29, 0.717) is 12.4 Å². The van der Waals surface area contributed by atoms with Crippen molar-refractivity contribution in [2.24, 2.45) is 0 Å². The second kappa shape index (κ2) is 6.24. The topological polar surface area (TPSA) is 35.5 Å². The molecule has 1 aromatic rings. The molecule has 3 nitrogen and oxygen atoms in total. The van der Waals surface area contributed by atoms with E-state index in [0.717, 1.165) is 4.47 Å². The van der Waals surface area contributed by atoms with Gasteiger partial charge >= 0.3 is 5.97 Å². The van der Waals surface area contributed by atoms with Crippen LogP contribution >= 0.6 is 15.9 Å². The molecule has 0 heterocycles. The van der Waals surface area contributed by atoms with Gasteiger partial charge in [-0.1, -0.05) is 12.1 Å². The molecule has 1 rings (SSSR count). The second-order valence-electron chi connectivity index (χ2n) is 2.60. The highest BCUT2D eigenvalue weighted by molar-refractivity contribution is 9.10. The number of para-hydroxylation sites is 1. The van der Waals surface area contributed by atoms with Crippen LogP contribution in [0.2, 0.25) is 0 Å². The van der Waals surface area contributed by atoms with Gasteiger partial charge in [0.1, 0.15) is 5.75 Å². The Hall–Kier alpha value is -1.29. The number of ether oxygens (including phenoxy) is 2. The summed E-state index contributed by atoms with van der Waals surface area (Å²) in [5.74, 6) is 0.239. The van der Waals surface area contributed by atoms with E-state index in [4.69, 9.17) is 9.47 Å². The Balaban J connectivity index is 2.50. The first-order valence-corrected chi connectivity index (χ1v) is 5.28. The van der Waals surface area contributed by atoms with E-state index in [9.17, 15) is 4.79 Å². The molecule has 0 amide bonds. The molecule has 80 valence electrons. The van der Waals surface area contributed by atoms with Gasteiger partial charge in [-0.3, -0.25) is 0 Å². The highest BCUT2D eigenvalue weighted by Gasteiger charge is 1.97. The van der Waals surface area contributed by atoms with Crippen LogP contribution in [0.25, 0.3) is 0 Å². The Morgan fingerprint density at radius 3 is 2.87 bits per heavy atom. The predicted molar refractivity (Wildman–Crippen MR) is 60.5 cm³/mol. The van der Waals surface area contributed by atoms with Crippen molar-refractivity contribution in [3.05, 3.63) is 41.1 Å². The summed E-state index contributed by atoms with van der Waals surface area (Å²) in [5, 5.41) is 0. The van der Waals surface area contributed by atoms with Crippen LogP contribution in [-0.4, -0.2) is 12.6 Å². The molecule has 0 fully saturated rings. The number of esters is 1. The van der Waals surface area contributed by atoms with Gasteiger partial charge in [0.2, 0.25) is 0 Å². The van der Waals surface area contributed by atoms with Crippen molar-refractivity contribution in [3.8, 4) is 5.75 Å². The van der Waals surface area contributed by atoms with Crippen LogP contribution in [0, 0.1) is 0 Å². The van der Waals surface area contributed by atoms with Gasteiger partial charge in [0.15, 0.2) is 0 Å². The van der Waals surface area contributed by atoms with E-state index >= 15 is 0 Å². The minimum Gasteiger partial charge on any atom is -0.464 e. The largest absolute Gasteiger partial charge is 0.464 e. The summed E-state index contributed by atoms with van der Waals surface area (Å²) in [6.45, 7) is 2.11. The van der Waals surface area contributed by atoms with Crippen molar-refractivity contribution in [2.75, 3.05) is 6.61 Å². The van der Waals surface area contributed by atoms with E-state index in [2.05, 4.69) is 15.9 Å². The molecule has 0 bridgehead atoms. The highest BCUT2D eigenvalue weighted by Crippen LogP contribution is 2.23. The van der Waals surface area contributed by atoms with E-state index in [1.807, 2.05) is 18.2 Å². The van der Waals surface area contributed by atoms with Crippen molar-refractivity contribution < 1.29 is 14.3 Å². The Morgan fingerprint density at radius 1 is 1.47 bits per heavy atom. The molecule has 15 heavy (non-hydrogen) atoms. The van der Waals surface area contributed by atoms with E-state index in [1.165, 1.54) is 12.3 Å². The molecule has 0 saturated carbocycles. The lowest BCUT2D eigenvalue weighted by Crippen LogP contribution is -1.99. The summed E-state index contributed by atoms with van der Waals surface area (Å²) < 4.78 is 10.8. The van der Waals surface area contributed by atoms with Crippen molar-refractivity contribution in [1.82, 2.24) is 0 Å². The van der Waals surface area contributed by atoms with Crippen molar-refractivity contribution in [3.63, 3.8) is 0 Å². The van der Waals surface area contributed by atoms with Gasteiger partial charge in [0.05, 0.1) is 23.4 Å². The molecule has 0 atom stereocenters. The minimum absolute atomic E-state index is 0.359. The summed E-state index contributed by atoms with van der Waals surface area (Å²) in [5.41, 5.74) is 0. The van der Waals surface area contributed by atoms with Gasteiger partial charge in [0, 0.05) is 0 Å². The fraction of sp³-hybridized carbons (Fsp3) is 0.182. The molecule has 0 N–H and O–H groups in total. The fourth-order valence-electron chi connectivity index (χ4n) is 0.894. The molecule has 0 unspecified atom stereocenters. The summed E-state index contributed by atoms with van der Waals surface area (Å²) >= 11 is 3.32. The average Bonchev–Trinajstić information content (AvgIpc) is 2.21. The summed E-state index contributed by atoms with van der Waals surface area (Å²) in [4.78, 5) is 10.9. The zero-order valence-electron chi connectivity index (χ0n) is 8.27. The highest BCUT2D eigenvalue weighted by atomic mass is 79.9. The van der Waals surface area contributed by atoms with Gasteiger partial charge in [-0.05, 0) is 35.0 Å². The van der Waals surface area contributed by atoms with Crippen LogP contribution in [0.5, 0.6) is 5.75 Å². The Labute approximate surface area is 96.8 Å². The quantitative estimate of drug-likeness (QED) is 0.480. The van der Waals surface area contributed by atoms with Crippen LogP contribution in [0.15, 0.2) is 41.1 Å². The normalized spacial score (nSPS) is 10.3. The third kappa shape index (κ3) is 4.16. The maximum Gasteiger partial charge on any atom is 0.333 e. The maximum atomic E-state index is 10.9.